The fraction of sp³-hybridized carbons (Fsp3) is 0.364. The Bertz CT molecular complexity index is 1070. The van der Waals surface area contributed by atoms with Gasteiger partial charge in [0.2, 0.25) is 0 Å². The second-order valence-corrected chi connectivity index (χ2v) is 7.52. The molecule has 2 aromatic carbocycles. The predicted octanol–water partition coefficient (Wildman–Crippen LogP) is 2.05. The summed E-state index contributed by atoms with van der Waals surface area (Å²) < 4.78 is 1.43. The summed E-state index contributed by atoms with van der Waals surface area (Å²) in [5, 5.41) is 18.5. The molecule has 1 aromatic heterocycles. The summed E-state index contributed by atoms with van der Waals surface area (Å²) in [7, 11) is 0. The number of carboxylic acid groups (broad SMARTS) is 1. The van der Waals surface area contributed by atoms with E-state index >= 15 is 0 Å². The molecule has 1 N–H and O–H groups in total. The second kappa shape index (κ2) is 10.5. The maximum Gasteiger partial charge on any atom is 0.325 e. The molecule has 0 aliphatic carbocycles. The average molecular weight is 444 g/mol. The molecule has 164 valence electrons. The van der Waals surface area contributed by atoms with E-state index in [1.807, 2.05) is 47.4 Å². The zero-order valence-electron chi connectivity index (χ0n) is 17.1. The van der Waals surface area contributed by atoms with Crippen molar-refractivity contribution in [2.75, 3.05) is 32.7 Å². The number of piperazine rings is 1. The lowest BCUT2D eigenvalue weighted by atomic mass is 10.0. The number of fused-ring (bicyclic) bond motifs is 1. The fourth-order valence-corrected chi connectivity index (χ4v) is 4.00. The van der Waals surface area contributed by atoms with Gasteiger partial charge in [-0.1, -0.05) is 47.7 Å². The molecule has 0 amide bonds. The van der Waals surface area contributed by atoms with Crippen molar-refractivity contribution in [3.63, 3.8) is 0 Å². The van der Waals surface area contributed by atoms with Gasteiger partial charge in [-0.25, -0.2) is 4.68 Å². The van der Waals surface area contributed by atoms with Crippen LogP contribution in [0.25, 0.3) is 10.9 Å². The first-order chi connectivity index (χ1) is 14.6. The van der Waals surface area contributed by atoms with Crippen molar-refractivity contribution in [3.05, 3.63) is 70.5 Å². The Morgan fingerprint density at radius 2 is 1.65 bits per heavy atom. The smallest absolute Gasteiger partial charge is 0.325 e. The van der Waals surface area contributed by atoms with Crippen molar-refractivity contribution >= 4 is 29.3 Å². The standard InChI is InChI=1S/C22H25N5O3.ClH/c28-21-18-9-4-5-10-19(18)23-24-27(21)12-6-11-25-13-15-26(16-14-25)20(22(29)30)17-7-2-1-3-8-17;/h1-5,7-10,20H,6,11-16H2,(H,29,30);1H. The predicted molar refractivity (Wildman–Crippen MR) is 120 cm³/mol. The van der Waals surface area contributed by atoms with E-state index in [0.717, 1.165) is 31.6 Å². The molecule has 31 heavy (non-hydrogen) atoms. The summed E-state index contributed by atoms with van der Waals surface area (Å²) >= 11 is 0. The molecule has 0 spiro atoms. The van der Waals surface area contributed by atoms with Gasteiger partial charge < -0.3 is 10.0 Å². The number of aryl methyl sites for hydroxylation is 1. The first-order valence-corrected chi connectivity index (χ1v) is 10.2. The molecule has 1 unspecified atom stereocenters. The van der Waals surface area contributed by atoms with Gasteiger partial charge in [-0.3, -0.25) is 14.5 Å². The monoisotopic (exact) mass is 443 g/mol. The molecule has 1 atom stereocenters. The number of hydrogen-bond donors (Lipinski definition) is 1. The van der Waals surface area contributed by atoms with Gasteiger partial charge in [0.05, 0.1) is 5.39 Å². The van der Waals surface area contributed by atoms with Crippen LogP contribution in [-0.2, 0) is 11.3 Å². The zero-order chi connectivity index (χ0) is 20.9. The second-order valence-electron chi connectivity index (χ2n) is 7.52. The fourth-order valence-electron chi connectivity index (χ4n) is 4.00. The first kappa shape index (κ1) is 22.9. The number of halogens is 1. The van der Waals surface area contributed by atoms with Crippen molar-refractivity contribution in [3.8, 4) is 0 Å². The van der Waals surface area contributed by atoms with E-state index in [1.54, 1.807) is 12.1 Å². The number of benzene rings is 2. The minimum absolute atomic E-state index is 0. The summed E-state index contributed by atoms with van der Waals surface area (Å²) in [6, 6.07) is 16.0. The van der Waals surface area contributed by atoms with Gasteiger partial charge in [-0.2, -0.15) is 0 Å². The Hall–Kier alpha value is -2.81. The molecule has 1 aliphatic rings. The van der Waals surface area contributed by atoms with Crippen LogP contribution in [0.2, 0.25) is 0 Å². The molecule has 4 rings (SSSR count). The third-order valence-corrected chi connectivity index (χ3v) is 5.59. The number of rotatable bonds is 7. The number of carboxylic acids is 1. The Kier molecular flexibility index (Phi) is 7.73. The quantitative estimate of drug-likeness (QED) is 0.597. The minimum Gasteiger partial charge on any atom is -0.480 e. The van der Waals surface area contributed by atoms with E-state index in [2.05, 4.69) is 15.2 Å². The molecule has 0 saturated carbocycles. The number of hydrogen-bond acceptors (Lipinski definition) is 6. The van der Waals surface area contributed by atoms with Gasteiger partial charge in [0.15, 0.2) is 0 Å². The highest BCUT2D eigenvalue weighted by atomic mass is 35.5. The van der Waals surface area contributed by atoms with Crippen LogP contribution in [0.5, 0.6) is 0 Å². The van der Waals surface area contributed by atoms with Crippen LogP contribution >= 0.6 is 12.4 Å². The van der Waals surface area contributed by atoms with Crippen molar-refractivity contribution < 1.29 is 9.90 Å². The van der Waals surface area contributed by atoms with E-state index in [1.165, 1.54) is 4.68 Å². The van der Waals surface area contributed by atoms with E-state index in [0.29, 0.717) is 30.5 Å². The lowest BCUT2D eigenvalue weighted by molar-refractivity contribution is -0.144. The van der Waals surface area contributed by atoms with Crippen LogP contribution in [0.1, 0.15) is 18.0 Å². The van der Waals surface area contributed by atoms with Gasteiger partial charge >= 0.3 is 5.97 Å². The summed E-state index contributed by atoms with van der Waals surface area (Å²) in [6.07, 6.45) is 0.786. The molecule has 1 aliphatic heterocycles. The van der Waals surface area contributed by atoms with Gasteiger partial charge in [-0.15, -0.1) is 17.5 Å². The van der Waals surface area contributed by atoms with Crippen LogP contribution in [-0.4, -0.2) is 68.6 Å². The van der Waals surface area contributed by atoms with E-state index in [-0.39, 0.29) is 18.0 Å². The maximum absolute atomic E-state index is 12.5. The SMILES string of the molecule is Cl.O=C(O)C(c1ccccc1)N1CCN(CCCn2nnc3ccccc3c2=O)CC1. The van der Waals surface area contributed by atoms with Crippen molar-refractivity contribution in [1.29, 1.82) is 0 Å². The van der Waals surface area contributed by atoms with Crippen molar-refractivity contribution in [2.45, 2.75) is 19.0 Å². The highest BCUT2D eigenvalue weighted by Gasteiger charge is 2.29. The van der Waals surface area contributed by atoms with Crippen LogP contribution in [0, 0.1) is 0 Å². The van der Waals surface area contributed by atoms with Gasteiger partial charge in [0, 0.05) is 39.3 Å². The average Bonchev–Trinajstić information content (AvgIpc) is 2.77. The van der Waals surface area contributed by atoms with Crippen LogP contribution < -0.4 is 5.56 Å². The van der Waals surface area contributed by atoms with Gasteiger partial charge in [0.1, 0.15) is 11.6 Å². The largest absolute Gasteiger partial charge is 0.480 e. The van der Waals surface area contributed by atoms with E-state index < -0.39 is 12.0 Å². The Labute approximate surface area is 186 Å². The molecule has 2 heterocycles. The lowest BCUT2D eigenvalue weighted by Gasteiger charge is -2.37. The van der Waals surface area contributed by atoms with Gasteiger partial charge in [-0.05, 0) is 24.1 Å². The topological polar surface area (TPSA) is 91.6 Å². The normalized spacial score (nSPS) is 16.0. The Morgan fingerprint density at radius 3 is 2.35 bits per heavy atom. The van der Waals surface area contributed by atoms with Crippen molar-refractivity contribution in [2.24, 2.45) is 0 Å². The number of aliphatic carboxylic acids is 1. The minimum atomic E-state index is -0.816. The van der Waals surface area contributed by atoms with E-state index in [4.69, 9.17) is 0 Å². The third-order valence-electron chi connectivity index (χ3n) is 5.59. The van der Waals surface area contributed by atoms with Gasteiger partial charge in [0.25, 0.3) is 5.56 Å². The lowest BCUT2D eigenvalue weighted by Crippen LogP contribution is -2.49. The molecule has 8 nitrogen and oxygen atoms in total. The first-order valence-electron chi connectivity index (χ1n) is 10.2. The van der Waals surface area contributed by atoms with Crippen LogP contribution in [0.3, 0.4) is 0 Å². The summed E-state index contributed by atoms with van der Waals surface area (Å²) in [5.74, 6) is -0.816. The molecule has 3 aromatic rings. The van der Waals surface area contributed by atoms with Crippen LogP contribution in [0.4, 0.5) is 0 Å². The summed E-state index contributed by atoms with van der Waals surface area (Å²) in [5.41, 5.74) is 1.31. The summed E-state index contributed by atoms with van der Waals surface area (Å²) in [6.45, 7) is 4.34. The third kappa shape index (κ3) is 5.28. The number of carbonyl (C=O) groups is 1. The molecular formula is C22H26ClN5O3. The zero-order valence-corrected chi connectivity index (χ0v) is 17.9. The van der Waals surface area contributed by atoms with E-state index in [9.17, 15) is 14.7 Å². The highest BCUT2D eigenvalue weighted by Crippen LogP contribution is 2.22. The molecular weight excluding hydrogens is 418 g/mol. The van der Waals surface area contributed by atoms with Crippen LogP contribution in [0.15, 0.2) is 59.4 Å². The molecule has 9 heteroatoms. The molecule has 0 bridgehead atoms. The maximum atomic E-state index is 12.5. The molecule has 1 fully saturated rings. The highest BCUT2D eigenvalue weighted by molar-refractivity contribution is 5.85. The molecule has 1 saturated heterocycles. The summed E-state index contributed by atoms with van der Waals surface area (Å²) in [4.78, 5) is 28.7. The number of nitrogens with zero attached hydrogens (tertiary/aromatic N) is 5. The Balaban J connectivity index is 0.00000272. The Morgan fingerprint density at radius 1 is 0.968 bits per heavy atom. The van der Waals surface area contributed by atoms with Crippen molar-refractivity contribution in [1.82, 2.24) is 24.8 Å². The molecule has 0 radical (unpaired) electrons. The number of aromatic nitrogens is 3.